The molecule has 0 radical (unpaired) electrons. The van der Waals surface area contributed by atoms with Gasteiger partial charge in [0.1, 0.15) is 0 Å². The SMILES string of the molecule is Cc1cc2c3c(c1)c1ccccc1n3-c1ccccc1O2. The van der Waals surface area contributed by atoms with Crippen molar-refractivity contribution in [3.63, 3.8) is 0 Å². The van der Waals surface area contributed by atoms with Crippen LogP contribution >= 0.6 is 0 Å². The lowest BCUT2D eigenvalue weighted by Gasteiger charge is -2.21. The molecule has 0 bridgehead atoms. The van der Waals surface area contributed by atoms with Gasteiger partial charge in [-0.1, -0.05) is 30.3 Å². The molecule has 1 aliphatic rings. The van der Waals surface area contributed by atoms with Crippen LogP contribution in [0.4, 0.5) is 0 Å². The van der Waals surface area contributed by atoms with Crippen LogP contribution in [-0.2, 0) is 0 Å². The second kappa shape index (κ2) is 3.67. The fraction of sp³-hybridized carbons (Fsp3) is 0.0526. The van der Waals surface area contributed by atoms with Gasteiger partial charge in [-0.15, -0.1) is 0 Å². The number of fused-ring (bicyclic) bond motifs is 5. The normalized spacial score (nSPS) is 12.4. The third-order valence-electron chi connectivity index (χ3n) is 4.20. The van der Waals surface area contributed by atoms with Gasteiger partial charge in [-0.3, -0.25) is 0 Å². The molecule has 3 aromatic carbocycles. The van der Waals surface area contributed by atoms with E-state index in [4.69, 9.17) is 4.74 Å². The van der Waals surface area contributed by atoms with E-state index in [1.54, 1.807) is 0 Å². The van der Waals surface area contributed by atoms with Crippen molar-refractivity contribution in [3.05, 3.63) is 66.2 Å². The van der Waals surface area contributed by atoms with Gasteiger partial charge in [0.2, 0.25) is 0 Å². The highest BCUT2D eigenvalue weighted by molar-refractivity contribution is 6.12. The van der Waals surface area contributed by atoms with Crippen LogP contribution in [0, 0.1) is 6.92 Å². The van der Waals surface area contributed by atoms with Crippen LogP contribution in [0.1, 0.15) is 5.56 Å². The van der Waals surface area contributed by atoms with Crippen molar-refractivity contribution in [2.45, 2.75) is 6.92 Å². The minimum Gasteiger partial charge on any atom is -0.453 e. The zero-order valence-corrected chi connectivity index (χ0v) is 11.6. The third kappa shape index (κ3) is 1.32. The standard InChI is InChI=1S/C19H13NO/c1-12-10-14-13-6-2-3-7-15(13)20-16-8-4-5-9-17(16)21-18(11-12)19(14)20/h2-11H,1H3. The van der Waals surface area contributed by atoms with Gasteiger partial charge < -0.3 is 9.30 Å². The Morgan fingerprint density at radius 1 is 0.810 bits per heavy atom. The van der Waals surface area contributed by atoms with E-state index in [0.717, 1.165) is 17.2 Å². The summed E-state index contributed by atoms with van der Waals surface area (Å²) in [6.45, 7) is 2.12. The number of para-hydroxylation sites is 3. The molecule has 0 unspecified atom stereocenters. The Bertz CT molecular complexity index is 1030. The maximum absolute atomic E-state index is 6.14. The molecule has 0 amide bonds. The maximum atomic E-state index is 6.14. The molecule has 2 heteroatoms. The van der Waals surface area contributed by atoms with Crippen LogP contribution in [0.15, 0.2) is 60.7 Å². The second-order valence-corrected chi connectivity index (χ2v) is 5.58. The van der Waals surface area contributed by atoms with Crippen LogP contribution in [0.5, 0.6) is 11.5 Å². The lowest BCUT2D eigenvalue weighted by Crippen LogP contribution is -2.03. The molecule has 0 saturated heterocycles. The van der Waals surface area contributed by atoms with E-state index in [9.17, 15) is 0 Å². The van der Waals surface area contributed by atoms with Crippen LogP contribution in [0.2, 0.25) is 0 Å². The Hall–Kier alpha value is -2.74. The fourth-order valence-electron chi connectivity index (χ4n) is 3.37. The molecular formula is C19H13NO. The lowest BCUT2D eigenvalue weighted by atomic mass is 10.1. The van der Waals surface area contributed by atoms with Gasteiger partial charge >= 0.3 is 0 Å². The number of rotatable bonds is 0. The molecule has 2 nitrogen and oxygen atoms in total. The summed E-state index contributed by atoms with van der Waals surface area (Å²) in [4.78, 5) is 0. The molecule has 0 fully saturated rings. The first-order valence-corrected chi connectivity index (χ1v) is 7.14. The first-order chi connectivity index (χ1) is 10.3. The number of ether oxygens (including phenoxy) is 1. The van der Waals surface area contributed by atoms with Crippen LogP contribution in [0.25, 0.3) is 27.5 Å². The summed E-state index contributed by atoms with van der Waals surface area (Å²) in [7, 11) is 0. The van der Waals surface area contributed by atoms with Crippen molar-refractivity contribution in [3.8, 4) is 17.2 Å². The lowest BCUT2D eigenvalue weighted by molar-refractivity contribution is 0.476. The monoisotopic (exact) mass is 271 g/mol. The third-order valence-corrected chi connectivity index (χ3v) is 4.20. The summed E-state index contributed by atoms with van der Waals surface area (Å²) in [5.74, 6) is 1.86. The zero-order chi connectivity index (χ0) is 14.0. The van der Waals surface area contributed by atoms with Crippen molar-refractivity contribution < 1.29 is 4.74 Å². The van der Waals surface area contributed by atoms with Crippen molar-refractivity contribution in [2.24, 2.45) is 0 Å². The van der Waals surface area contributed by atoms with E-state index < -0.39 is 0 Å². The average molecular weight is 271 g/mol. The topological polar surface area (TPSA) is 14.2 Å². The molecular weight excluding hydrogens is 258 g/mol. The summed E-state index contributed by atoms with van der Waals surface area (Å²) in [5, 5.41) is 2.54. The Morgan fingerprint density at radius 3 is 2.57 bits per heavy atom. The quantitative estimate of drug-likeness (QED) is 0.377. The number of benzene rings is 3. The Balaban J connectivity index is 2.11. The Kier molecular flexibility index (Phi) is 1.92. The van der Waals surface area contributed by atoms with E-state index in [2.05, 4.69) is 60.0 Å². The molecule has 5 rings (SSSR count). The smallest absolute Gasteiger partial charge is 0.152 e. The van der Waals surface area contributed by atoms with Crippen molar-refractivity contribution in [1.82, 2.24) is 4.57 Å². The van der Waals surface area contributed by atoms with Gasteiger partial charge in [0.05, 0.1) is 16.7 Å². The predicted molar refractivity (Wildman–Crippen MR) is 85.6 cm³/mol. The molecule has 0 spiro atoms. The molecule has 0 aliphatic carbocycles. The first kappa shape index (κ1) is 11.0. The minimum atomic E-state index is 0.915. The van der Waals surface area contributed by atoms with Gasteiger partial charge in [0.15, 0.2) is 11.5 Å². The number of hydrogen-bond acceptors (Lipinski definition) is 1. The second-order valence-electron chi connectivity index (χ2n) is 5.58. The maximum Gasteiger partial charge on any atom is 0.152 e. The van der Waals surface area contributed by atoms with Crippen LogP contribution in [-0.4, -0.2) is 4.57 Å². The van der Waals surface area contributed by atoms with E-state index in [-0.39, 0.29) is 0 Å². The molecule has 1 aromatic heterocycles. The molecule has 2 heterocycles. The molecule has 21 heavy (non-hydrogen) atoms. The summed E-state index contributed by atoms with van der Waals surface area (Å²) in [6, 6.07) is 21.1. The van der Waals surface area contributed by atoms with Gasteiger partial charge in [-0.2, -0.15) is 0 Å². The number of aromatic nitrogens is 1. The number of nitrogens with zero attached hydrogens (tertiary/aromatic N) is 1. The Morgan fingerprint density at radius 2 is 1.62 bits per heavy atom. The van der Waals surface area contributed by atoms with E-state index in [1.165, 1.54) is 27.4 Å². The molecule has 100 valence electrons. The van der Waals surface area contributed by atoms with Gasteiger partial charge in [0.25, 0.3) is 0 Å². The van der Waals surface area contributed by atoms with E-state index in [0.29, 0.717) is 0 Å². The molecule has 4 aromatic rings. The number of hydrogen-bond donors (Lipinski definition) is 0. The predicted octanol–water partition coefficient (Wildman–Crippen LogP) is 5.20. The summed E-state index contributed by atoms with van der Waals surface area (Å²) < 4.78 is 8.46. The average Bonchev–Trinajstić information content (AvgIpc) is 2.84. The van der Waals surface area contributed by atoms with Crippen molar-refractivity contribution in [1.29, 1.82) is 0 Å². The van der Waals surface area contributed by atoms with E-state index in [1.807, 2.05) is 12.1 Å². The molecule has 0 atom stereocenters. The summed E-state index contributed by atoms with van der Waals surface area (Å²) in [5.41, 5.74) is 4.73. The molecule has 1 aliphatic heterocycles. The zero-order valence-electron chi connectivity index (χ0n) is 11.6. The van der Waals surface area contributed by atoms with Crippen molar-refractivity contribution in [2.75, 3.05) is 0 Å². The van der Waals surface area contributed by atoms with Crippen LogP contribution in [0.3, 0.4) is 0 Å². The highest BCUT2D eigenvalue weighted by atomic mass is 16.5. The van der Waals surface area contributed by atoms with E-state index >= 15 is 0 Å². The summed E-state index contributed by atoms with van der Waals surface area (Å²) >= 11 is 0. The van der Waals surface area contributed by atoms with Gasteiger partial charge in [-0.05, 0) is 42.8 Å². The highest BCUT2D eigenvalue weighted by Crippen LogP contribution is 2.45. The minimum absolute atomic E-state index is 0.915. The fourth-order valence-corrected chi connectivity index (χ4v) is 3.37. The largest absolute Gasteiger partial charge is 0.453 e. The highest BCUT2D eigenvalue weighted by Gasteiger charge is 2.23. The van der Waals surface area contributed by atoms with Crippen molar-refractivity contribution >= 4 is 21.8 Å². The molecule has 0 N–H and O–H groups in total. The van der Waals surface area contributed by atoms with Gasteiger partial charge in [0, 0.05) is 10.8 Å². The Labute approximate surface area is 122 Å². The number of aryl methyl sites for hydroxylation is 1. The van der Waals surface area contributed by atoms with Crippen LogP contribution < -0.4 is 4.74 Å². The molecule has 0 saturated carbocycles. The van der Waals surface area contributed by atoms with Gasteiger partial charge in [-0.25, -0.2) is 0 Å². The first-order valence-electron chi connectivity index (χ1n) is 7.14. The summed E-state index contributed by atoms with van der Waals surface area (Å²) in [6.07, 6.45) is 0.